The van der Waals surface area contributed by atoms with Crippen LogP contribution in [-0.4, -0.2) is 30.2 Å². The highest BCUT2D eigenvalue weighted by Crippen LogP contribution is 2.34. The van der Waals surface area contributed by atoms with Gasteiger partial charge in [-0.3, -0.25) is 4.79 Å². The molecule has 0 bridgehead atoms. The van der Waals surface area contributed by atoms with Crippen LogP contribution in [0.25, 0.3) is 0 Å². The molecule has 25 heavy (non-hydrogen) atoms. The Labute approximate surface area is 159 Å². The van der Waals surface area contributed by atoms with Gasteiger partial charge >= 0.3 is 0 Å². The molecule has 1 aromatic carbocycles. The fourth-order valence-corrected chi connectivity index (χ4v) is 5.92. The third-order valence-electron chi connectivity index (χ3n) is 3.81. The molecule has 0 radical (unpaired) electrons. The number of hydrogen-bond donors (Lipinski definition) is 1. The van der Waals surface area contributed by atoms with Gasteiger partial charge in [0, 0.05) is 29.8 Å². The minimum atomic E-state index is -3.75. The number of aromatic nitrogens is 1. The van der Waals surface area contributed by atoms with Crippen molar-refractivity contribution in [2.24, 2.45) is 0 Å². The Morgan fingerprint density at radius 3 is 2.72 bits per heavy atom. The van der Waals surface area contributed by atoms with Crippen LogP contribution in [0.5, 0.6) is 0 Å². The second-order valence-corrected chi connectivity index (χ2v) is 9.49. The van der Waals surface area contributed by atoms with Gasteiger partial charge in [0.1, 0.15) is 4.90 Å². The summed E-state index contributed by atoms with van der Waals surface area (Å²) in [7, 11) is -3.75. The Hall–Kier alpha value is -1.19. The Morgan fingerprint density at radius 1 is 1.32 bits per heavy atom. The van der Waals surface area contributed by atoms with Gasteiger partial charge in [0.15, 0.2) is 5.13 Å². The van der Waals surface area contributed by atoms with Gasteiger partial charge in [0.2, 0.25) is 15.9 Å². The first-order chi connectivity index (χ1) is 11.7. The largest absolute Gasteiger partial charge is 0.302 e. The zero-order valence-corrected chi connectivity index (χ0v) is 16.6. The molecule has 0 saturated heterocycles. The predicted octanol–water partition coefficient (Wildman–Crippen LogP) is 3.46. The summed E-state index contributed by atoms with van der Waals surface area (Å²) >= 11 is 13.4. The molecule has 0 saturated carbocycles. The molecular weight excluding hydrogens is 405 g/mol. The van der Waals surface area contributed by atoms with Gasteiger partial charge in [-0.15, -0.1) is 11.3 Å². The van der Waals surface area contributed by atoms with E-state index < -0.39 is 10.0 Å². The van der Waals surface area contributed by atoms with Gasteiger partial charge in [-0.1, -0.05) is 23.2 Å². The summed E-state index contributed by atoms with van der Waals surface area (Å²) in [5.41, 5.74) is 1.46. The molecule has 3 rings (SSSR count). The number of halogens is 2. The van der Waals surface area contributed by atoms with Gasteiger partial charge in [0.25, 0.3) is 0 Å². The SMILES string of the molecule is CC(=O)Nc1nc2c(s1)CN(S(=O)(=O)c1cc(C)c(Cl)cc1Cl)CC2. The van der Waals surface area contributed by atoms with Crippen LogP contribution in [-0.2, 0) is 27.8 Å². The molecule has 6 nitrogen and oxygen atoms in total. The van der Waals surface area contributed by atoms with Crippen LogP contribution in [0, 0.1) is 6.92 Å². The maximum absolute atomic E-state index is 13.0. The van der Waals surface area contributed by atoms with Crippen LogP contribution >= 0.6 is 34.5 Å². The van der Waals surface area contributed by atoms with E-state index in [0.29, 0.717) is 28.7 Å². The van der Waals surface area contributed by atoms with Gasteiger partial charge < -0.3 is 5.32 Å². The van der Waals surface area contributed by atoms with E-state index in [0.717, 1.165) is 10.6 Å². The maximum atomic E-state index is 13.0. The maximum Gasteiger partial charge on any atom is 0.244 e. The second-order valence-electron chi connectivity index (χ2n) is 5.69. The first kappa shape index (κ1) is 18.6. The molecule has 1 amide bonds. The normalized spacial score (nSPS) is 15.0. The summed E-state index contributed by atoms with van der Waals surface area (Å²) in [5, 5.41) is 3.64. The third kappa shape index (κ3) is 3.68. The molecular formula is C15H15Cl2N3O3S2. The molecule has 0 unspecified atom stereocenters. The number of anilines is 1. The number of sulfonamides is 1. The fraction of sp³-hybridized carbons (Fsp3) is 0.333. The van der Waals surface area contributed by atoms with Gasteiger partial charge in [-0.2, -0.15) is 4.31 Å². The van der Waals surface area contributed by atoms with Crippen molar-refractivity contribution in [2.75, 3.05) is 11.9 Å². The van der Waals surface area contributed by atoms with Crippen LogP contribution in [0.2, 0.25) is 10.0 Å². The number of amides is 1. The lowest BCUT2D eigenvalue weighted by Crippen LogP contribution is -2.35. The zero-order chi connectivity index (χ0) is 18.4. The summed E-state index contributed by atoms with van der Waals surface area (Å²) in [4.78, 5) is 16.4. The summed E-state index contributed by atoms with van der Waals surface area (Å²) in [6.45, 7) is 3.64. The second kappa shape index (κ2) is 6.85. The van der Waals surface area contributed by atoms with Crippen LogP contribution in [0.3, 0.4) is 0 Å². The third-order valence-corrected chi connectivity index (χ3v) is 7.53. The highest BCUT2D eigenvalue weighted by molar-refractivity contribution is 7.89. The molecule has 0 atom stereocenters. The predicted molar refractivity (Wildman–Crippen MR) is 98.9 cm³/mol. The molecule has 1 aliphatic rings. The number of nitrogens with zero attached hydrogens (tertiary/aromatic N) is 2. The lowest BCUT2D eigenvalue weighted by atomic mass is 10.2. The summed E-state index contributed by atoms with van der Waals surface area (Å²) < 4.78 is 27.3. The van der Waals surface area contributed by atoms with E-state index in [4.69, 9.17) is 23.2 Å². The van der Waals surface area contributed by atoms with Gasteiger partial charge in [-0.25, -0.2) is 13.4 Å². The Bertz CT molecular complexity index is 957. The van der Waals surface area contributed by atoms with E-state index in [1.54, 1.807) is 6.92 Å². The number of rotatable bonds is 3. The van der Waals surface area contributed by atoms with Crippen molar-refractivity contribution < 1.29 is 13.2 Å². The molecule has 0 aliphatic carbocycles. The molecule has 1 N–H and O–H groups in total. The van der Waals surface area contributed by atoms with E-state index in [1.807, 2.05) is 0 Å². The molecule has 1 aromatic heterocycles. The fourth-order valence-electron chi connectivity index (χ4n) is 2.55. The zero-order valence-electron chi connectivity index (χ0n) is 13.5. The standard InChI is InChI=1S/C15H15Cl2N3O3S2/c1-8-5-14(11(17)6-10(8)16)25(22,23)20-4-3-12-13(7-20)24-15(19-12)18-9(2)21/h5-6H,3-4,7H2,1-2H3,(H,18,19,21). The van der Waals surface area contributed by atoms with E-state index in [2.05, 4.69) is 10.3 Å². The van der Waals surface area contributed by atoms with Gasteiger partial charge in [-0.05, 0) is 24.6 Å². The number of carbonyl (C=O) groups excluding carboxylic acids is 1. The smallest absolute Gasteiger partial charge is 0.244 e. The monoisotopic (exact) mass is 419 g/mol. The highest BCUT2D eigenvalue weighted by atomic mass is 35.5. The van der Waals surface area contributed by atoms with Crippen molar-refractivity contribution >= 4 is 55.6 Å². The van der Waals surface area contributed by atoms with Crippen LogP contribution in [0.15, 0.2) is 17.0 Å². The number of hydrogen-bond acceptors (Lipinski definition) is 5. The summed E-state index contributed by atoms with van der Waals surface area (Å²) in [6, 6.07) is 2.94. The van der Waals surface area contributed by atoms with E-state index >= 15 is 0 Å². The average molecular weight is 420 g/mol. The molecule has 10 heteroatoms. The minimum absolute atomic E-state index is 0.0473. The van der Waals surface area contributed by atoms with Crippen LogP contribution in [0.1, 0.15) is 23.1 Å². The Morgan fingerprint density at radius 2 is 2.04 bits per heavy atom. The number of fused-ring (bicyclic) bond motifs is 1. The van der Waals surface area contributed by atoms with Crippen molar-refractivity contribution in [2.45, 2.75) is 31.7 Å². The Kier molecular flexibility index (Phi) is 5.09. The number of aryl methyl sites for hydroxylation is 1. The molecule has 2 heterocycles. The molecule has 0 fully saturated rings. The van der Waals surface area contributed by atoms with E-state index in [9.17, 15) is 13.2 Å². The highest BCUT2D eigenvalue weighted by Gasteiger charge is 2.32. The summed E-state index contributed by atoms with van der Waals surface area (Å²) in [6.07, 6.45) is 0.481. The van der Waals surface area contributed by atoms with Crippen molar-refractivity contribution in [3.63, 3.8) is 0 Å². The topological polar surface area (TPSA) is 79.4 Å². The quantitative estimate of drug-likeness (QED) is 0.825. The summed E-state index contributed by atoms with van der Waals surface area (Å²) in [5.74, 6) is -0.209. The van der Waals surface area contributed by atoms with Crippen LogP contribution < -0.4 is 5.32 Å². The number of carbonyl (C=O) groups is 1. The van der Waals surface area contributed by atoms with Crippen molar-refractivity contribution in [3.05, 3.63) is 38.3 Å². The van der Waals surface area contributed by atoms with Crippen LogP contribution in [0.4, 0.5) is 5.13 Å². The molecule has 0 spiro atoms. The number of thiazole rings is 1. The lowest BCUT2D eigenvalue weighted by Gasteiger charge is -2.26. The van der Waals surface area contributed by atoms with Crippen molar-refractivity contribution in [1.82, 2.24) is 9.29 Å². The Balaban J connectivity index is 1.91. The van der Waals surface area contributed by atoms with Crippen molar-refractivity contribution in [3.8, 4) is 0 Å². The first-order valence-corrected chi connectivity index (χ1v) is 10.4. The van der Waals surface area contributed by atoms with Crippen molar-refractivity contribution in [1.29, 1.82) is 0 Å². The molecule has 2 aromatic rings. The lowest BCUT2D eigenvalue weighted by molar-refractivity contribution is -0.114. The van der Waals surface area contributed by atoms with E-state index in [1.165, 1.54) is 34.7 Å². The number of nitrogens with one attached hydrogen (secondary N) is 1. The average Bonchev–Trinajstić information content (AvgIpc) is 2.91. The minimum Gasteiger partial charge on any atom is -0.302 e. The number of benzene rings is 1. The first-order valence-electron chi connectivity index (χ1n) is 7.40. The molecule has 134 valence electrons. The van der Waals surface area contributed by atoms with E-state index in [-0.39, 0.29) is 22.4 Å². The van der Waals surface area contributed by atoms with Gasteiger partial charge in [0.05, 0.1) is 17.3 Å². The molecule has 1 aliphatic heterocycles.